The highest BCUT2D eigenvalue weighted by atomic mass is 19.4. The molecule has 0 spiro atoms. The molecule has 2 bridgehead atoms. The Morgan fingerprint density at radius 2 is 1.73 bits per heavy atom. The van der Waals surface area contributed by atoms with Crippen molar-refractivity contribution in [1.82, 2.24) is 0 Å². The van der Waals surface area contributed by atoms with Crippen molar-refractivity contribution < 1.29 is 27.4 Å². The number of carbonyl (C=O) groups is 1. The second-order valence-electron chi connectivity index (χ2n) is 8.55. The Bertz CT molecular complexity index is 999. The van der Waals surface area contributed by atoms with Gasteiger partial charge in [-0.25, -0.2) is 4.79 Å². The van der Waals surface area contributed by atoms with E-state index in [4.69, 9.17) is 9.47 Å². The van der Waals surface area contributed by atoms with E-state index < -0.39 is 29.0 Å². The number of fused-ring (bicyclic) bond motifs is 5. The van der Waals surface area contributed by atoms with Crippen LogP contribution in [-0.2, 0) is 21.3 Å². The van der Waals surface area contributed by atoms with E-state index in [1.807, 2.05) is 25.1 Å². The molecule has 2 aromatic rings. The molecule has 30 heavy (non-hydrogen) atoms. The number of ether oxygens (including phenoxy) is 2. The number of carbonyl (C=O) groups excluding carboxylic acids is 1. The second-order valence-corrected chi connectivity index (χ2v) is 8.55. The van der Waals surface area contributed by atoms with Crippen LogP contribution in [-0.4, -0.2) is 17.7 Å². The van der Waals surface area contributed by atoms with Crippen LogP contribution in [0.2, 0.25) is 0 Å². The average molecular weight is 414 g/mol. The van der Waals surface area contributed by atoms with Crippen LogP contribution in [0.3, 0.4) is 0 Å². The molecule has 0 amide bonds. The zero-order valence-corrected chi connectivity index (χ0v) is 16.4. The molecular weight excluding hydrogens is 393 g/mol. The molecule has 2 heterocycles. The Balaban J connectivity index is 1.42. The van der Waals surface area contributed by atoms with E-state index in [0.29, 0.717) is 5.56 Å². The minimum atomic E-state index is -4.37. The molecule has 5 atom stereocenters. The van der Waals surface area contributed by atoms with E-state index in [9.17, 15) is 18.0 Å². The van der Waals surface area contributed by atoms with Gasteiger partial charge in [-0.05, 0) is 55.7 Å². The van der Waals surface area contributed by atoms with Gasteiger partial charge in [0.05, 0.1) is 16.7 Å². The predicted molar refractivity (Wildman–Crippen MR) is 104 cm³/mol. The number of alkyl halides is 3. The Labute approximate surface area is 172 Å². The van der Waals surface area contributed by atoms with Crippen LogP contribution in [0.4, 0.5) is 13.2 Å². The topological polar surface area (TPSA) is 35.5 Å². The number of halogens is 3. The molecule has 156 valence electrons. The Morgan fingerprint density at radius 3 is 2.40 bits per heavy atom. The predicted octanol–water partition coefficient (Wildman–Crippen LogP) is 5.51. The highest BCUT2D eigenvalue weighted by Gasteiger charge is 2.68. The van der Waals surface area contributed by atoms with Gasteiger partial charge in [-0.1, -0.05) is 36.4 Å². The summed E-state index contributed by atoms with van der Waals surface area (Å²) in [5, 5.41) is 0. The molecule has 2 aromatic carbocycles. The van der Waals surface area contributed by atoms with Crippen molar-refractivity contribution in [3.05, 3.63) is 83.4 Å². The summed E-state index contributed by atoms with van der Waals surface area (Å²) < 4.78 is 51.3. The molecule has 0 unspecified atom stereocenters. The highest BCUT2D eigenvalue weighted by molar-refractivity contribution is 5.89. The van der Waals surface area contributed by atoms with Gasteiger partial charge in [-0.2, -0.15) is 13.2 Å². The summed E-state index contributed by atoms with van der Waals surface area (Å²) in [6, 6.07) is 14.1. The monoisotopic (exact) mass is 414 g/mol. The summed E-state index contributed by atoms with van der Waals surface area (Å²) >= 11 is 0. The van der Waals surface area contributed by atoms with Crippen LogP contribution in [0.15, 0.2) is 66.7 Å². The second kappa shape index (κ2) is 6.45. The average Bonchev–Trinajstić information content (AvgIpc) is 3.38. The van der Waals surface area contributed by atoms with Crippen molar-refractivity contribution in [2.24, 2.45) is 11.8 Å². The maximum absolute atomic E-state index is 13.0. The molecule has 3 nitrogen and oxygen atoms in total. The Morgan fingerprint density at radius 1 is 1.03 bits per heavy atom. The summed E-state index contributed by atoms with van der Waals surface area (Å²) in [5.41, 5.74) is -0.631. The molecule has 2 saturated heterocycles. The zero-order valence-electron chi connectivity index (χ0n) is 16.4. The van der Waals surface area contributed by atoms with Crippen LogP contribution in [0, 0.1) is 11.8 Å². The normalized spacial score (nSPS) is 34.2. The number of hydrogen-bond acceptors (Lipinski definition) is 3. The van der Waals surface area contributed by atoms with E-state index >= 15 is 0 Å². The van der Waals surface area contributed by atoms with Gasteiger partial charge >= 0.3 is 12.1 Å². The van der Waals surface area contributed by atoms with Crippen LogP contribution in [0.5, 0.6) is 0 Å². The first-order chi connectivity index (χ1) is 14.2. The smallest absolute Gasteiger partial charge is 0.416 e. The fourth-order valence-corrected chi connectivity index (χ4v) is 5.48. The van der Waals surface area contributed by atoms with E-state index in [2.05, 4.69) is 0 Å². The van der Waals surface area contributed by atoms with E-state index in [1.54, 1.807) is 24.3 Å². The van der Waals surface area contributed by atoms with Gasteiger partial charge in [0.2, 0.25) is 0 Å². The quantitative estimate of drug-likeness (QED) is 0.491. The first-order valence-electron chi connectivity index (χ1n) is 10.1. The third-order valence-corrected chi connectivity index (χ3v) is 6.85. The van der Waals surface area contributed by atoms with Crippen molar-refractivity contribution >= 4 is 5.97 Å². The van der Waals surface area contributed by atoms with Gasteiger partial charge < -0.3 is 9.47 Å². The maximum Gasteiger partial charge on any atom is 0.416 e. The molecule has 0 saturated carbocycles. The van der Waals surface area contributed by atoms with Crippen LogP contribution in [0.25, 0.3) is 0 Å². The van der Waals surface area contributed by atoms with E-state index in [0.717, 1.165) is 30.5 Å². The molecule has 0 N–H and O–H groups in total. The first-order valence-corrected chi connectivity index (χ1v) is 10.1. The maximum atomic E-state index is 13.0. The largest absolute Gasteiger partial charge is 0.454 e. The minimum Gasteiger partial charge on any atom is -0.454 e. The lowest BCUT2D eigenvalue weighted by Gasteiger charge is -2.36. The number of rotatable bonds is 3. The summed E-state index contributed by atoms with van der Waals surface area (Å²) in [5.74, 6) is -0.511. The molecule has 2 aliphatic heterocycles. The van der Waals surface area contributed by atoms with Gasteiger partial charge in [0, 0.05) is 11.8 Å². The third-order valence-electron chi connectivity index (χ3n) is 6.85. The van der Waals surface area contributed by atoms with Gasteiger partial charge in [0.15, 0.2) is 0 Å². The molecular formula is C24H21F3O3. The Kier molecular flexibility index (Phi) is 4.16. The van der Waals surface area contributed by atoms with Crippen molar-refractivity contribution in [2.45, 2.75) is 43.2 Å². The number of benzene rings is 2. The standard InChI is InChI=1S/C24H21F3O3/c1-22-13-14-23(30-22,16-7-9-17(10-8-16)24(25,26)27)18-11-12-19(20(18)22)29-21(28)15-5-3-2-4-6-15/h2-12,18-20H,13-14H2,1H3/t18-,19-,20-,22+,23-/m0/s1. The van der Waals surface area contributed by atoms with Crippen molar-refractivity contribution in [1.29, 1.82) is 0 Å². The van der Waals surface area contributed by atoms with E-state index in [-0.39, 0.29) is 17.8 Å². The molecule has 0 aromatic heterocycles. The van der Waals surface area contributed by atoms with Gasteiger partial charge in [0.1, 0.15) is 11.7 Å². The van der Waals surface area contributed by atoms with Crippen LogP contribution < -0.4 is 0 Å². The first kappa shape index (κ1) is 19.4. The molecule has 0 radical (unpaired) electrons. The van der Waals surface area contributed by atoms with Crippen molar-refractivity contribution in [3.8, 4) is 0 Å². The number of hydrogen-bond donors (Lipinski definition) is 0. The van der Waals surface area contributed by atoms with Crippen LogP contribution >= 0.6 is 0 Å². The third kappa shape index (κ3) is 2.81. The Hall–Kier alpha value is -2.60. The lowest BCUT2D eigenvalue weighted by molar-refractivity contribution is -0.137. The summed E-state index contributed by atoms with van der Waals surface area (Å²) in [6.07, 6.45) is 0.597. The SMILES string of the molecule is C[C@]12CC[C@@](c3ccc(C(F)(F)F)cc3)(O1)[C@H]1C=C[C@H](OC(=O)c3ccccc3)[C@H]12. The molecule has 2 fully saturated rings. The lowest BCUT2D eigenvalue weighted by Crippen LogP contribution is -2.42. The molecule has 1 aliphatic carbocycles. The fourth-order valence-electron chi connectivity index (χ4n) is 5.48. The highest BCUT2D eigenvalue weighted by Crippen LogP contribution is 2.65. The summed E-state index contributed by atoms with van der Waals surface area (Å²) in [4.78, 5) is 12.6. The summed E-state index contributed by atoms with van der Waals surface area (Å²) in [7, 11) is 0. The molecule has 5 rings (SSSR count). The van der Waals surface area contributed by atoms with Gasteiger partial charge in [-0.3, -0.25) is 0 Å². The van der Waals surface area contributed by atoms with Gasteiger partial charge in [0.25, 0.3) is 0 Å². The summed E-state index contributed by atoms with van der Waals surface area (Å²) in [6.45, 7) is 2.01. The minimum absolute atomic E-state index is 0.0541. The number of esters is 1. The lowest BCUT2D eigenvalue weighted by atomic mass is 9.66. The molecule has 6 heteroatoms. The fraction of sp³-hybridized carbons (Fsp3) is 0.375. The van der Waals surface area contributed by atoms with Crippen molar-refractivity contribution in [3.63, 3.8) is 0 Å². The van der Waals surface area contributed by atoms with Crippen LogP contribution in [0.1, 0.15) is 41.3 Å². The van der Waals surface area contributed by atoms with Crippen molar-refractivity contribution in [2.75, 3.05) is 0 Å². The van der Waals surface area contributed by atoms with E-state index in [1.165, 1.54) is 12.1 Å². The molecule has 3 aliphatic rings. The zero-order chi connectivity index (χ0) is 21.1. The van der Waals surface area contributed by atoms with Gasteiger partial charge in [-0.15, -0.1) is 0 Å².